The topological polar surface area (TPSA) is 81.7 Å². The van der Waals surface area contributed by atoms with Crippen molar-refractivity contribution in [2.24, 2.45) is 0 Å². The fraction of sp³-hybridized carbons (Fsp3) is 0.478. The molecule has 0 aliphatic carbocycles. The Bertz CT molecular complexity index is 643. The van der Waals surface area contributed by atoms with Gasteiger partial charge >= 0.3 is 0 Å². The molecule has 0 radical (unpaired) electrons. The van der Waals surface area contributed by atoms with E-state index >= 15 is 0 Å². The van der Waals surface area contributed by atoms with Crippen LogP contribution in [0, 0.1) is 5.82 Å². The highest BCUT2D eigenvalue weighted by Crippen LogP contribution is 2.21. The summed E-state index contributed by atoms with van der Waals surface area (Å²) < 4.78 is 13.1. The van der Waals surface area contributed by atoms with Crippen molar-refractivity contribution in [3.05, 3.63) is 53.9 Å². The molecule has 6 nitrogen and oxygen atoms in total. The number of piperidine rings is 1. The summed E-state index contributed by atoms with van der Waals surface area (Å²) in [7, 11) is 1.93. The maximum atomic E-state index is 13.1. The maximum absolute atomic E-state index is 13.1. The van der Waals surface area contributed by atoms with Gasteiger partial charge in [0.15, 0.2) is 0 Å². The minimum Gasteiger partial charge on any atom is -0.392 e. The lowest BCUT2D eigenvalue weighted by molar-refractivity contribution is -0.109. The molecule has 30 heavy (non-hydrogen) atoms. The lowest BCUT2D eigenvalue weighted by Crippen LogP contribution is -2.40. The second-order valence-corrected chi connectivity index (χ2v) is 6.63. The second kappa shape index (κ2) is 18.7. The van der Waals surface area contributed by atoms with Gasteiger partial charge in [-0.05, 0) is 58.0 Å². The summed E-state index contributed by atoms with van der Waals surface area (Å²) in [5.74, 6) is -0.338. The van der Waals surface area contributed by atoms with Crippen molar-refractivity contribution < 1.29 is 19.1 Å². The molecule has 1 heterocycles. The molecular formula is C23H36FN3O3. The van der Waals surface area contributed by atoms with Gasteiger partial charge in [0.05, 0.1) is 13.2 Å². The Balaban J connectivity index is 0.000000634. The lowest BCUT2D eigenvalue weighted by Gasteiger charge is -2.32. The fourth-order valence-corrected chi connectivity index (χ4v) is 2.73. The number of aldehydes is 2. The molecule has 0 atom stereocenters. The van der Waals surface area contributed by atoms with Crippen molar-refractivity contribution in [3.63, 3.8) is 0 Å². The molecule has 0 bridgehead atoms. The van der Waals surface area contributed by atoms with Gasteiger partial charge in [0.25, 0.3) is 0 Å². The molecule has 0 aromatic heterocycles. The summed E-state index contributed by atoms with van der Waals surface area (Å²) in [6.45, 7) is 6.87. The van der Waals surface area contributed by atoms with Crippen LogP contribution >= 0.6 is 0 Å². The van der Waals surface area contributed by atoms with Crippen LogP contribution in [-0.2, 0) is 16.2 Å². The Labute approximate surface area is 179 Å². The zero-order chi connectivity index (χ0) is 22.6. The third-order valence-corrected chi connectivity index (χ3v) is 4.35. The number of nitrogens with zero attached hydrogens (tertiary/aromatic N) is 1. The van der Waals surface area contributed by atoms with E-state index in [1.165, 1.54) is 18.2 Å². The predicted molar refractivity (Wildman–Crippen MR) is 121 cm³/mol. The zero-order valence-electron chi connectivity index (χ0n) is 18.3. The van der Waals surface area contributed by atoms with Crippen LogP contribution in [0.2, 0.25) is 0 Å². The SMILES string of the molecule is C/C=C/C=O.C/C=C\CNC.O=CCN1CCC(Nc2ccc(F)cc2CO)CC1. The maximum Gasteiger partial charge on any atom is 0.142 e. The second-order valence-electron chi connectivity index (χ2n) is 6.63. The normalized spacial score (nSPS) is 14.6. The Morgan fingerprint density at radius 2 is 1.90 bits per heavy atom. The number of anilines is 1. The van der Waals surface area contributed by atoms with Crippen molar-refractivity contribution in [1.82, 2.24) is 10.2 Å². The van der Waals surface area contributed by atoms with E-state index in [-0.39, 0.29) is 12.4 Å². The molecule has 1 aromatic rings. The summed E-state index contributed by atoms with van der Waals surface area (Å²) >= 11 is 0. The van der Waals surface area contributed by atoms with Gasteiger partial charge in [-0.15, -0.1) is 0 Å². The van der Waals surface area contributed by atoms with Crippen molar-refractivity contribution in [2.45, 2.75) is 39.3 Å². The van der Waals surface area contributed by atoms with Gasteiger partial charge in [-0.25, -0.2) is 4.39 Å². The highest BCUT2D eigenvalue weighted by Gasteiger charge is 2.19. The molecule has 1 fully saturated rings. The van der Waals surface area contributed by atoms with Crippen LogP contribution in [0.4, 0.5) is 10.1 Å². The van der Waals surface area contributed by atoms with E-state index in [2.05, 4.69) is 21.6 Å². The molecule has 1 saturated heterocycles. The van der Waals surface area contributed by atoms with Gasteiger partial charge in [-0.1, -0.05) is 18.2 Å². The number of halogens is 1. The third-order valence-electron chi connectivity index (χ3n) is 4.35. The number of rotatable bonds is 8. The lowest BCUT2D eigenvalue weighted by atomic mass is 10.0. The summed E-state index contributed by atoms with van der Waals surface area (Å²) in [5.41, 5.74) is 1.37. The molecule has 2 rings (SSSR count). The molecule has 3 N–H and O–H groups in total. The summed E-state index contributed by atoms with van der Waals surface area (Å²) in [6.07, 6.45) is 10.8. The summed E-state index contributed by atoms with van der Waals surface area (Å²) in [5, 5.41) is 15.6. The van der Waals surface area contributed by atoms with Crippen LogP contribution in [0.3, 0.4) is 0 Å². The van der Waals surface area contributed by atoms with Gasteiger partial charge < -0.3 is 20.5 Å². The largest absolute Gasteiger partial charge is 0.392 e. The van der Waals surface area contributed by atoms with Gasteiger partial charge in [0, 0.05) is 36.9 Å². The molecule has 0 amide bonds. The average Bonchev–Trinajstić information content (AvgIpc) is 2.76. The first-order chi connectivity index (χ1) is 14.6. The van der Waals surface area contributed by atoms with Crippen molar-refractivity contribution in [2.75, 3.05) is 38.5 Å². The number of likely N-dealkylation sites (tertiary alicyclic amines) is 1. The Hall–Kier alpha value is -2.35. The van der Waals surface area contributed by atoms with E-state index < -0.39 is 0 Å². The van der Waals surface area contributed by atoms with Crippen molar-refractivity contribution in [3.8, 4) is 0 Å². The molecule has 0 unspecified atom stereocenters. The van der Waals surface area contributed by atoms with E-state index in [0.717, 1.165) is 50.7 Å². The van der Waals surface area contributed by atoms with Crippen molar-refractivity contribution in [1.29, 1.82) is 0 Å². The minimum atomic E-state index is -0.338. The monoisotopic (exact) mass is 421 g/mol. The number of aliphatic hydroxyl groups is 1. The summed E-state index contributed by atoms with van der Waals surface area (Å²) in [6, 6.07) is 4.71. The smallest absolute Gasteiger partial charge is 0.142 e. The standard InChI is InChI=1S/C14H19FN2O2.C5H11N.C4H6O/c15-12-1-2-14(11(9-12)10-19)16-13-3-5-17(6-4-13)7-8-18;1-3-4-5-6-2;1-2-3-4-5/h1-2,8-9,13,16,19H,3-7,10H2;3-4,6H,5H2,1-2H3;2-4H,1H3/b;4-3-;3-2+. The molecule has 0 saturated carbocycles. The number of likely N-dealkylation sites (N-methyl/N-ethyl adjacent to an activating group) is 1. The quantitative estimate of drug-likeness (QED) is 0.340. The van der Waals surface area contributed by atoms with Crippen LogP contribution in [0.25, 0.3) is 0 Å². The van der Waals surface area contributed by atoms with Crippen LogP contribution < -0.4 is 10.6 Å². The average molecular weight is 422 g/mol. The van der Waals surface area contributed by atoms with Crippen LogP contribution in [0.1, 0.15) is 32.3 Å². The van der Waals surface area contributed by atoms with Crippen LogP contribution in [-0.4, -0.2) is 61.8 Å². The highest BCUT2D eigenvalue weighted by atomic mass is 19.1. The number of nitrogens with one attached hydrogen (secondary N) is 2. The number of aliphatic hydroxyl groups excluding tert-OH is 1. The molecule has 7 heteroatoms. The number of allylic oxidation sites excluding steroid dienone is 3. The predicted octanol–water partition coefficient (Wildman–Crippen LogP) is 2.94. The van der Waals surface area contributed by atoms with Crippen LogP contribution in [0.5, 0.6) is 0 Å². The first-order valence-electron chi connectivity index (χ1n) is 10.2. The first kappa shape index (κ1) is 27.6. The van der Waals surface area contributed by atoms with Gasteiger partial charge in [0.2, 0.25) is 0 Å². The molecule has 1 aliphatic heterocycles. The number of carbonyl (C=O) groups is 2. The van der Waals surface area contributed by atoms with E-state index in [1.54, 1.807) is 19.1 Å². The van der Waals surface area contributed by atoms with E-state index in [1.807, 2.05) is 20.0 Å². The fourth-order valence-electron chi connectivity index (χ4n) is 2.73. The first-order valence-corrected chi connectivity index (χ1v) is 10.2. The summed E-state index contributed by atoms with van der Waals surface area (Å²) in [4.78, 5) is 21.9. The minimum absolute atomic E-state index is 0.177. The highest BCUT2D eigenvalue weighted by molar-refractivity contribution is 5.64. The number of hydrogen-bond donors (Lipinski definition) is 3. The van der Waals surface area contributed by atoms with Crippen molar-refractivity contribution >= 4 is 18.3 Å². The number of carbonyl (C=O) groups excluding carboxylic acids is 2. The van der Waals surface area contributed by atoms with E-state index in [4.69, 9.17) is 0 Å². The Kier molecular flexibility index (Phi) is 17.2. The molecule has 168 valence electrons. The number of hydrogen-bond acceptors (Lipinski definition) is 6. The van der Waals surface area contributed by atoms with E-state index in [9.17, 15) is 19.1 Å². The molecule has 0 spiro atoms. The van der Waals surface area contributed by atoms with E-state index in [0.29, 0.717) is 18.2 Å². The molecular weight excluding hydrogens is 385 g/mol. The van der Waals surface area contributed by atoms with Gasteiger partial charge in [-0.2, -0.15) is 0 Å². The Morgan fingerprint density at radius 3 is 2.33 bits per heavy atom. The molecule has 1 aromatic carbocycles. The van der Waals surface area contributed by atoms with Gasteiger partial charge in [0.1, 0.15) is 18.4 Å². The zero-order valence-corrected chi connectivity index (χ0v) is 18.3. The van der Waals surface area contributed by atoms with Gasteiger partial charge in [-0.3, -0.25) is 9.69 Å². The third kappa shape index (κ3) is 13.0. The van der Waals surface area contributed by atoms with Crippen LogP contribution in [0.15, 0.2) is 42.5 Å². The molecule has 1 aliphatic rings. The Morgan fingerprint density at radius 1 is 1.20 bits per heavy atom. The number of benzene rings is 1.